The summed E-state index contributed by atoms with van der Waals surface area (Å²) in [6.07, 6.45) is -2.15. The lowest BCUT2D eigenvalue weighted by Crippen LogP contribution is -2.62. The number of nitrogens with zero attached hydrogens (tertiary/aromatic N) is 4. The summed E-state index contributed by atoms with van der Waals surface area (Å²) in [4.78, 5) is 20.2. The first-order chi connectivity index (χ1) is 13.8. The number of nitrogens with one attached hydrogen (secondary N) is 2. The minimum Gasteiger partial charge on any atom is -0.324 e. The number of aromatic nitrogens is 3. The van der Waals surface area contributed by atoms with Crippen molar-refractivity contribution in [2.45, 2.75) is 31.1 Å². The highest BCUT2D eigenvalue weighted by atomic mass is 35.5. The van der Waals surface area contributed by atoms with Crippen LogP contribution in [0.25, 0.3) is 0 Å². The van der Waals surface area contributed by atoms with E-state index in [0.717, 1.165) is 18.3 Å². The van der Waals surface area contributed by atoms with Crippen molar-refractivity contribution < 1.29 is 18.0 Å². The molecule has 2 N–H and O–H groups in total. The van der Waals surface area contributed by atoms with Crippen molar-refractivity contribution >= 4 is 17.6 Å². The molecule has 29 heavy (non-hydrogen) atoms. The van der Waals surface area contributed by atoms with Gasteiger partial charge in [0.15, 0.2) is 0 Å². The third kappa shape index (κ3) is 4.32. The highest BCUT2D eigenvalue weighted by molar-refractivity contribution is 6.30. The van der Waals surface area contributed by atoms with Crippen LogP contribution in [-0.4, -0.2) is 63.2 Å². The molecule has 0 bridgehead atoms. The molecule has 1 atom stereocenters. The Bertz CT molecular complexity index is 869. The Hall–Kier alpha value is -2.33. The van der Waals surface area contributed by atoms with Crippen LogP contribution in [0.15, 0.2) is 24.5 Å². The van der Waals surface area contributed by atoms with Crippen LogP contribution in [0.2, 0.25) is 5.02 Å². The van der Waals surface area contributed by atoms with Gasteiger partial charge in [-0.15, -0.1) is 0 Å². The van der Waals surface area contributed by atoms with E-state index in [1.165, 1.54) is 18.5 Å². The van der Waals surface area contributed by atoms with Gasteiger partial charge >= 0.3 is 12.2 Å². The lowest BCUT2D eigenvalue weighted by molar-refractivity contribution is -0.138. The molecule has 0 aliphatic carbocycles. The Kier molecular flexibility index (Phi) is 5.39. The molecule has 11 heteroatoms. The number of rotatable bonds is 4. The predicted octanol–water partition coefficient (Wildman–Crippen LogP) is 2.86. The van der Waals surface area contributed by atoms with Crippen LogP contribution in [0, 0.1) is 0 Å². The van der Waals surface area contributed by atoms with Gasteiger partial charge in [-0.2, -0.15) is 18.3 Å². The SMILES string of the molecule is O=C(N1CC(NCc2cc(Cl)ccc2C(F)(F)F)C1)N1CC[C@H](c2ncn[nH]2)C1. The molecular weight excluding hydrogens is 409 g/mol. The highest BCUT2D eigenvalue weighted by Gasteiger charge is 2.37. The molecule has 0 spiro atoms. The summed E-state index contributed by atoms with van der Waals surface area (Å²) < 4.78 is 39.4. The van der Waals surface area contributed by atoms with E-state index in [-0.39, 0.29) is 35.1 Å². The number of alkyl halides is 3. The zero-order chi connectivity index (χ0) is 20.6. The van der Waals surface area contributed by atoms with E-state index in [0.29, 0.717) is 26.2 Å². The number of benzene rings is 1. The second-order valence-electron chi connectivity index (χ2n) is 7.37. The van der Waals surface area contributed by atoms with Gasteiger partial charge in [-0.1, -0.05) is 11.6 Å². The van der Waals surface area contributed by atoms with Crippen molar-refractivity contribution in [2.24, 2.45) is 0 Å². The first-order valence-electron chi connectivity index (χ1n) is 9.29. The van der Waals surface area contributed by atoms with E-state index in [4.69, 9.17) is 11.6 Å². The molecule has 2 saturated heterocycles. The quantitative estimate of drug-likeness (QED) is 0.785. The molecule has 2 fully saturated rings. The molecule has 1 aromatic heterocycles. The van der Waals surface area contributed by atoms with E-state index in [1.54, 1.807) is 9.80 Å². The Morgan fingerprint density at radius 1 is 1.28 bits per heavy atom. The van der Waals surface area contributed by atoms with Gasteiger partial charge in [-0.25, -0.2) is 9.78 Å². The van der Waals surface area contributed by atoms with Crippen LogP contribution in [0.3, 0.4) is 0 Å². The maximum Gasteiger partial charge on any atom is 0.416 e. The standard InChI is InChI=1S/C18H20ClF3N6O/c19-13-1-2-15(18(20,21)22)12(5-13)6-23-14-8-28(9-14)17(29)27-4-3-11(7-27)16-24-10-25-26-16/h1-2,5,10-11,14,23H,3-4,6-9H2,(H,24,25,26)/t11-/m0/s1. The first kappa shape index (κ1) is 20.0. The average molecular weight is 429 g/mol. The first-order valence-corrected chi connectivity index (χ1v) is 9.67. The van der Waals surface area contributed by atoms with Crippen molar-refractivity contribution in [3.8, 4) is 0 Å². The molecule has 2 aliphatic rings. The Balaban J connectivity index is 1.27. The van der Waals surface area contributed by atoms with Gasteiger partial charge in [0.25, 0.3) is 0 Å². The summed E-state index contributed by atoms with van der Waals surface area (Å²) in [5.74, 6) is 0.936. The molecule has 2 aliphatic heterocycles. The third-order valence-electron chi connectivity index (χ3n) is 5.39. The number of amides is 2. The predicted molar refractivity (Wildman–Crippen MR) is 99.4 cm³/mol. The zero-order valence-electron chi connectivity index (χ0n) is 15.4. The highest BCUT2D eigenvalue weighted by Crippen LogP contribution is 2.33. The maximum absolute atomic E-state index is 13.1. The van der Waals surface area contributed by atoms with E-state index in [1.807, 2.05) is 0 Å². The molecule has 0 saturated carbocycles. The molecular formula is C18H20ClF3N6O. The van der Waals surface area contributed by atoms with Crippen LogP contribution in [-0.2, 0) is 12.7 Å². The van der Waals surface area contributed by atoms with Gasteiger partial charge < -0.3 is 15.1 Å². The number of carbonyl (C=O) groups is 1. The summed E-state index contributed by atoms with van der Waals surface area (Å²) in [6, 6.07) is 3.45. The van der Waals surface area contributed by atoms with Crippen LogP contribution >= 0.6 is 11.6 Å². The van der Waals surface area contributed by atoms with Crippen molar-refractivity contribution in [3.05, 3.63) is 46.5 Å². The maximum atomic E-state index is 13.1. The smallest absolute Gasteiger partial charge is 0.324 e. The minimum atomic E-state index is -4.43. The second kappa shape index (κ2) is 7.83. The zero-order valence-corrected chi connectivity index (χ0v) is 16.2. The molecule has 3 heterocycles. The fourth-order valence-electron chi connectivity index (χ4n) is 3.77. The molecule has 0 radical (unpaired) electrons. The number of carbonyl (C=O) groups excluding carboxylic acids is 1. The van der Waals surface area contributed by atoms with Gasteiger partial charge in [0.2, 0.25) is 0 Å². The van der Waals surface area contributed by atoms with Gasteiger partial charge in [-0.3, -0.25) is 5.10 Å². The van der Waals surface area contributed by atoms with E-state index < -0.39 is 11.7 Å². The number of hydrogen-bond donors (Lipinski definition) is 2. The van der Waals surface area contributed by atoms with Gasteiger partial charge in [0.1, 0.15) is 12.2 Å². The summed E-state index contributed by atoms with van der Waals surface area (Å²) in [7, 11) is 0. The normalized spacial score (nSPS) is 20.2. The van der Waals surface area contributed by atoms with E-state index in [2.05, 4.69) is 20.5 Å². The molecule has 7 nitrogen and oxygen atoms in total. The van der Waals surface area contributed by atoms with Crippen LogP contribution in [0.5, 0.6) is 0 Å². The van der Waals surface area contributed by atoms with E-state index >= 15 is 0 Å². The van der Waals surface area contributed by atoms with Crippen molar-refractivity contribution in [1.29, 1.82) is 0 Å². The van der Waals surface area contributed by atoms with Gasteiger partial charge in [0.05, 0.1) is 5.56 Å². The number of H-pyrrole nitrogens is 1. The summed E-state index contributed by atoms with van der Waals surface area (Å²) in [5.41, 5.74) is -0.596. The fourth-order valence-corrected chi connectivity index (χ4v) is 3.97. The topological polar surface area (TPSA) is 77.2 Å². The molecule has 1 aromatic carbocycles. The summed E-state index contributed by atoms with van der Waals surface area (Å²) in [6.45, 7) is 2.20. The number of hydrogen-bond acceptors (Lipinski definition) is 4. The lowest BCUT2D eigenvalue weighted by Gasteiger charge is -2.41. The van der Waals surface area contributed by atoms with Crippen molar-refractivity contribution in [2.75, 3.05) is 26.2 Å². The van der Waals surface area contributed by atoms with Gasteiger partial charge in [-0.05, 0) is 30.2 Å². The number of urea groups is 1. The number of aromatic amines is 1. The number of halogens is 4. The molecule has 156 valence electrons. The second-order valence-corrected chi connectivity index (χ2v) is 7.80. The summed E-state index contributed by atoms with van der Waals surface area (Å²) >= 11 is 5.85. The third-order valence-corrected chi connectivity index (χ3v) is 5.62. The number of likely N-dealkylation sites (tertiary alicyclic amines) is 2. The molecule has 2 aromatic rings. The summed E-state index contributed by atoms with van der Waals surface area (Å²) in [5, 5.41) is 10.0. The van der Waals surface area contributed by atoms with Gasteiger partial charge in [0, 0.05) is 49.7 Å². The molecule has 0 unspecified atom stereocenters. The van der Waals surface area contributed by atoms with Crippen LogP contribution in [0.1, 0.15) is 29.3 Å². The van der Waals surface area contributed by atoms with Crippen molar-refractivity contribution in [1.82, 2.24) is 30.3 Å². The Morgan fingerprint density at radius 2 is 2.07 bits per heavy atom. The lowest BCUT2D eigenvalue weighted by atomic mass is 10.1. The minimum absolute atomic E-state index is 0.0411. The van der Waals surface area contributed by atoms with Crippen LogP contribution in [0.4, 0.5) is 18.0 Å². The fraction of sp³-hybridized carbons (Fsp3) is 0.500. The Morgan fingerprint density at radius 3 is 2.76 bits per heavy atom. The van der Waals surface area contributed by atoms with Crippen molar-refractivity contribution in [3.63, 3.8) is 0 Å². The monoisotopic (exact) mass is 428 g/mol. The van der Waals surface area contributed by atoms with Crippen LogP contribution < -0.4 is 5.32 Å². The molecule has 4 rings (SSSR count). The molecule has 2 amide bonds. The largest absolute Gasteiger partial charge is 0.416 e. The average Bonchev–Trinajstić information content (AvgIpc) is 3.30. The Labute approximate surface area is 170 Å². The van der Waals surface area contributed by atoms with E-state index in [9.17, 15) is 18.0 Å².